The zero-order valence-corrected chi connectivity index (χ0v) is 31.1. The van der Waals surface area contributed by atoms with Crippen molar-refractivity contribution in [3.63, 3.8) is 0 Å². The van der Waals surface area contributed by atoms with Gasteiger partial charge in [0.1, 0.15) is 17.4 Å². The molecule has 0 bridgehead atoms. The molecule has 11 nitrogen and oxygen atoms in total. The van der Waals surface area contributed by atoms with E-state index in [-0.39, 0.29) is 18.8 Å². The summed E-state index contributed by atoms with van der Waals surface area (Å²) < 4.78 is 36.1. The molecular weight excluding hydrogens is 645 g/mol. The topological polar surface area (TPSA) is 158 Å². The number of hydrogen-bond acceptors (Lipinski definition) is 9. The largest absolute Gasteiger partial charge is 0.468 e. The quantitative estimate of drug-likeness (QED) is 0.0498. The highest BCUT2D eigenvalue weighted by molar-refractivity contribution is 7.52. The van der Waals surface area contributed by atoms with Crippen LogP contribution in [0, 0.1) is 0 Å². The van der Waals surface area contributed by atoms with E-state index in [1.54, 1.807) is 51.1 Å². The molecule has 2 aromatic rings. The van der Waals surface area contributed by atoms with Crippen molar-refractivity contribution in [1.82, 2.24) is 10.4 Å². The third-order valence-corrected chi connectivity index (χ3v) is 9.49. The van der Waals surface area contributed by atoms with Crippen molar-refractivity contribution in [1.29, 1.82) is 0 Å². The van der Waals surface area contributed by atoms with Crippen LogP contribution in [0.5, 0.6) is 5.75 Å². The number of benzene rings is 2. The number of ether oxygens (including phenoxy) is 2. The summed E-state index contributed by atoms with van der Waals surface area (Å²) in [6.07, 6.45) is 10.2. The van der Waals surface area contributed by atoms with E-state index in [1.807, 2.05) is 0 Å². The van der Waals surface area contributed by atoms with Gasteiger partial charge in [0.25, 0.3) is 0 Å². The average Bonchev–Trinajstić information content (AvgIpc) is 3.07. The predicted octanol–water partition coefficient (Wildman–Crippen LogP) is 7.24. The monoisotopic (exact) mass is 705 g/mol. The van der Waals surface area contributed by atoms with E-state index in [9.17, 15) is 19.3 Å². The van der Waals surface area contributed by atoms with Crippen molar-refractivity contribution < 1.29 is 37.8 Å². The van der Waals surface area contributed by atoms with Gasteiger partial charge in [0.2, 0.25) is 0 Å². The van der Waals surface area contributed by atoms with Crippen molar-refractivity contribution in [3.05, 3.63) is 65.7 Å². The van der Waals surface area contributed by atoms with Crippen LogP contribution in [-0.2, 0) is 36.2 Å². The van der Waals surface area contributed by atoms with Gasteiger partial charge in [-0.1, -0.05) is 81.5 Å². The molecule has 0 saturated carbocycles. The molecule has 0 fully saturated rings. The zero-order valence-electron chi connectivity index (χ0n) is 30.2. The highest BCUT2D eigenvalue weighted by Crippen LogP contribution is 2.46. The number of carbonyl (C=O) groups is 2. The van der Waals surface area contributed by atoms with Crippen molar-refractivity contribution in [2.45, 2.75) is 122 Å². The van der Waals surface area contributed by atoms with Gasteiger partial charge < -0.3 is 30.2 Å². The lowest BCUT2D eigenvalue weighted by Gasteiger charge is -2.30. The third kappa shape index (κ3) is 18.0. The van der Waals surface area contributed by atoms with E-state index >= 15 is 0 Å². The maximum absolute atomic E-state index is 14.2. The second-order valence-corrected chi connectivity index (χ2v) is 15.4. The Balaban J connectivity index is 2.02. The number of unbranched alkanes of at least 4 members (excludes halogenated alkanes) is 6. The Hall–Kier alpha value is -2.95. The summed E-state index contributed by atoms with van der Waals surface area (Å²) in [6.45, 7) is 7.17. The van der Waals surface area contributed by atoms with Gasteiger partial charge in [0.05, 0.1) is 25.9 Å². The Kier molecular flexibility index (Phi) is 18.9. The fraction of sp³-hybridized carbons (Fsp3) is 0.622. The number of amides is 1. The number of aliphatic hydroxyl groups is 1. The smallest absolute Gasteiger partial charge is 0.459 e. The molecule has 2 unspecified atom stereocenters. The van der Waals surface area contributed by atoms with Crippen molar-refractivity contribution in [2.75, 3.05) is 26.9 Å². The van der Waals surface area contributed by atoms with Gasteiger partial charge in [-0.2, -0.15) is 5.09 Å². The minimum atomic E-state index is -4.22. The summed E-state index contributed by atoms with van der Waals surface area (Å²) in [5, 5.41) is 15.7. The molecule has 0 aliphatic heterocycles. The maximum atomic E-state index is 14.2. The Labute approximate surface area is 293 Å². The normalized spacial score (nSPS) is 14.7. The van der Waals surface area contributed by atoms with E-state index < -0.39 is 43.6 Å². The molecule has 0 aliphatic carbocycles. The fourth-order valence-corrected chi connectivity index (χ4v) is 6.66. The minimum Gasteiger partial charge on any atom is -0.468 e. The van der Waals surface area contributed by atoms with Gasteiger partial charge >= 0.3 is 19.8 Å². The number of hydrogen-bond donors (Lipinski definition) is 4. The van der Waals surface area contributed by atoms with Crippen LogP contribution < -0.4 is 20.7 Å². The molecule has 49 heavy (non-hydrogen) atoms. The molecule has 276 valence electrons. The van der Waals surface area contributed by atoms with Crippen LogP contribution in [0.4, 0.5) is 4.79 Å². The number of nitrogens with one attached hydrogen (secondary N) is 2. The Bertz CT molecular complexity index is 1270. The van der Waals surface area contributed by atoms with Gasteiger partial charge in [0.15, 0.2) is 0 Å². The number of nitrogens with two attached hydrogens (primary N) is 1. The standard InChI is InChI=1S/C37H60N3O8P/c1-6-7-8-9-10-12-17-30-21-23-31(24-22-30)25-26-37(38,28-41)29-46-49(44,48-32-18-13-11-14-19-32)40-33(34(42)45-5)20-15-16-27-39-35(43)47-36(2,3)4/h11,13-14,18-19,21-24,33,41H,6-10,12,15-17,20,25-29,38H2,1-5H3,(H,39,43)(H,40,44)/t33-,37?,49?/m1/s1. The first-order chi connectivity index (χ1) is 23.3. The summed E-state index contributed by atoms with van der Waals surface area (Å²) in [5.74, 6) is -0.391. The molecule has 0 aromatic heterocycles. The molecule has 0 saturated heterocycles. The Morgan fingerprint density at radius 1 is 0.898 bits per heavy atom. The molecule has 0 aliphatic rings. The van der Waals surface area contributed by atoms with Crippen LogP contribution in [0.1, 0.15) is 103 Å². The fourth-order valence-electron chi connectivity index (χ4n) is 5.04. The average molecular weight is 706 g/mol. The Morgan fingerprint density at radius 3 is 2.14 bits per heavy atom. The number of carbonyl (C=O) groups excluding carboxylic acids is 2. The van der Waals surface area contributed by atoms with E-state index in [4.69, 9.17) is 24.3 Å². The molecule has 2 aromatic carbocycles. The molecule has 12 heteroatoms. The maximum Gasteiger partial charge on any atom is 0.459 e. The second kappa shape index (κ2) is 22.0. The number of esters is 1. The van der Waals surface area contributed by atoms with Gasteiger partial charge in [0, 0.05) is 6.54 Å². The summed E-state index contributed by atoms with van der Waals surface area (Å²) >= 11 is 0. The van der Waals surface area contributed by atoms with Crippen LogP contribution >= 0.6 is 7.75 Å². The number of alkyl carbamates (subject to hydrolysis) is 1. The van der Waals surface area contributed by atoms with Gasteiger partial charge in [-0.25, -0.2) is 9.36 Å². The summed E-state index contributed by atoms with van der Waals surface area (Å²) in [7, 11) is -2.98. The van der Waals surface area contributed by atoms with Crippen LogP contribution in [0.2, 0.25) is 0 Å². The minimum absolute atomic E-state index is 0.219. The molecule has 1 amide bonds. The lowest BCUT2D eigenvalue weighted by atomic mass is 9.93. The van der Waals surface area contributed by atoms with Crippen molar-refractivity contribution in [3.8, 4) is 5.75 Å². The van der Waals surface area contributed by atoms with Crippen LogP contribution in [0.15, 0.2) is 54.6 Å². The summed E-state index contributed by atoms with van der Waals surface area (Å²) in [5.41, 5.74) is 7.10. The third-order valence-electron chi connectivity index (χ3n) is 7.95. The molecule has 0 spiro atoms. The summed E-state index contributed by atoms with van der Waals surface area (Å²) in [6, 6.07) is 15.9. The number of para-hydroxylation sites is 1. The molecule has 2 rings (SSSR count). The van der Waals surface area contributed by atoms with Crippen LogP contribution in [0.25, 0.3) is 0 Å². The SMILES string of the molecule is CCCCCCCCc1ccc(CCC(N)(CO)COP(=O)(N[C@H](CCCCNC(=O)OC(C)(C)C)C(=O)OC)Oc2ccccc2)cc1. The number of aryl methyl sites for hydroxylation is 2. The van der Waals surface area contributed by atoms with Crippen LogP contribution in [-0.4, -0.2) is 61.2 Å². The molecule has 0 radical (unpaired) electrons. The van der Waals surface area contributed by atoms with Gasteiger partial charge in [-0.15, -0.1) is 0 Å². The first-order valence-electron chi connectivity index (χ1n) is 17.6. The van der Waals surface area contributed by atoms with Gasteiger partial charge in [-0.05, 0) is 89.0 Å². The van der Waals surface area contributed by atoms with Gasteiger partial charge in [-0.3, -0.25) is 9.32 Å². The molecule has 3 atom stereocenters. The molecule has 5 N–H and O–H groups in total. The van der Waals surface area contributed by atoms with Crippen molar-refractivity contribution in [2.24, 2.45) is 5.73 Å². The van der Waals surface area contributed by atoms with E-state index in [0.717, 1.165) is 12.0 Å². The summed E-state index contributed by atoms with van der Waals surface area (Å²) in [4.78, 5) is 24.7. The second-order valence-electron chi connectivity index (χ2n) is 13.7. The lowest BCUT2D eigenvalue weighted by Crippen LogP contribution is -2.49. The zero-order chi connectivity index (χ0) is 36.2. The highest BCUT2D eigenvalue weighted by Gasteiger charge is 2.37. The van der Waals surface area contributed by atoms with E-state index in [1.165, 1.54) is 51.2 Å². The highest BCUT2D eigenvalue weighted by atomic mass is 31.2. The number of rotatable bonds is 24. The van der Waals surface area contributed by atoms with Crippen LogP contribution in [0.3, 0.4) is 0 Å². The predicted molar refractivity (Wildman–Crippen MR) is 194 cm³/mol. The van der Waals surface area contributed by atoms with Crippen molar-refractivity contribution >= 4 is 19.8 Å². The lowest BCUT2D eigenvalue weighted by molar-refractivity contribution is -0.143. The first kappa shape index (κ1) is 42.2. The van der Waals surface area contributed by atoms with E-state index in [0.29, 0.717) is 32.2 Å². The number of methoxy groups -OCH3 is 1. The van der Waals surface area contributed by atoms with E-state index in [2.05, 4.69) is 41.6 Å². The first-order valence-corrected chi connectivity index (χ1v) is 19.1. The Morgan fingerprint density at radius 2 is 1.53 bits per heavy atom. The molecule has 0 heterocycles. The number of aliphatic hydroxyl groups excluding tert-OH is 1. The molecular formula is C37H60N3O8P.